The Bertz CT molecular complexity index is 1160. The lowest BCUT2D eigenvalue weighted by Gasteiger charge is -2.35. The van der Waals surface area contributed by atoms with Gasteiger partial charge in [-0.2, -0.15) is 0 Å². The first kappa shape index (κ1) is 18.1. The van der Waals surface area contributed by atoms with Crippen molar-refractivity contribution in [3.63, 3.8) is 0 Å². The number of nitrogens with zero attached hydrogens (tertiary/aromatic N) is 4. The van der Waals surface area contributed by atoms with Crippen LogP contribution in [-0.2, 0) is 13.0 Å². The summed E-state index contributed by atoms with van der Waals surface area (Å²) in [5, 5.41) is 11.0. The van der Waals surface area contributed by atoms with Crippen molar-refractivity contribution in [3.05, 3.63) is 66.0 Å². The van der Waals surface area contributed by atoms with Gasteiger partial charge in [0.15, 0.2) is 0 Å². The molecule has 1 aliphatic heterocycles. The van der Waals surface area contributed by atoms with Crippen LogP contribution >= 0.6 is 0 Å². The highest BCUT2D eigenvalue weighted by atomic mass is 16.3. The summed E-state index contributed by atoms with van der Waals surface area (Å²) in [6, 6.07) is 19.1. The maximum Gasteiger partial charge on any atom is 0.134 e. The number of piperidine rings is 1. The molecule has 1 aliphatic rings. The standard InChI is InChI=1S/C24H26N4O/c1-2-23-25-21-9-5-6-10-22(21)28(23)19-11-13-27(14-12-19)24-18(16-29)15-17-7-3-4-8-20(17)26-24/h3-10,15,19,29H,2,11-14,16H2,1H3. The van der Waals surface area contributed by atoms with Gasteiger partial charge in [0.05, 0.1) is 23.2 Å². The topological polar surface area (TPSA) is 54.2 Å². The van der Waals surface area contributed by atoms with Crippen LogP contribution in [0.2, 0.25) is 0 Å². The van der Waals surface area contributed by atoms with E-state index in [2.05, 4.69) is 46.7 Å². The molecule has 0 amide bonds. The van der Waals surface area contributed by atoms with Gasteiger partial charge in [-0.05, 0) is 37.1 Å². The van der Waals surface area contributed by atoms with Gasteiger partial charge in [-0.25, -0.2) is 9.97 Å². The molecule has 29 heavy (non-hydrogen) atoms. The molecular formula is C24H26N4O. The summed E-state index contributed by atoms with van der Waals surface area (Å²) in [7, 11) is 0. The smallest absolute Gasteiger partial charge is 0.134 e. The SMILES string of the molecule is CCc1nc2ccccc2n1C1CCN(c2nc3ccccc3cc2CO)CC1. The Hall–Kier alpha value is -2.92. The molecule has 5 heteroatoms. The van der Waals surface area contributed by atoms with Crippen molar-refractivity contribution < 1.29 is 5.11 Å². The molecule has 0 spiro atoms. The number of hydrogen-bond donors (Lipinski definition) is 1. The van der Waals surface area contributed by atoms with E-state index >= 15 is 0 Å². The molecule has 148 valence electrons. The van der Waals surface area contributed by atoms with E-state index in [1.165, 1.54) is 11.3 Å². The number of fused-ring (bicyclic) bond motifs is 2. The fourth-order valence-electron chi connectivity index (χ4n) is 4.63. The summed E-state index contributed by atoms with van der Waals surface area (Å²) >= 11 is 0. The van der Waals surface area contributed by atoms with E-state index in [4.69, 9.17) is 9.97 Å². The Labute approximate surface area is 170 Å². The summed E-state index contributed by atoms with van der Waals surface area (Å²) in [6.07, 6.45) is 3.04. The molecule has 1 fully saturated rings. The van der Waals surface area contributed by atoms with Crippen LogP contribution in [0.1, 0.15) is 37.2 Å². The molecule has 2 aromatic carbocycles. The van der Waals surface area contributed by atoms with E-state index in [9.17, 15) is 5.11 Å². The van der Waals surface area contributed by atoms with Crippen molar-refractivity contribution in [2.24, 2.45) is 0 Å². The molecule has 0 aliphatic carbocycles. The number of pyridine rings is 1. The zero-order chi connectivity index (χ0) is 19.8. The molecule has 0 radical (unpaired) electrons. The highest BCUT2D eigenvalue weighted by molar-refractivity contribution is 5.82. The lowest BCUT2D eigenvalue weighted by Crippen LogP contribution is -2.36. The number of benzene rings is 2. The molecule has 1 saturated heterocycles. The number of hydrogen-bond acceptors (Lipinski definition) is 4. The van der Waals surface area contributed by atoms with Gasteiger partial charge in [-0.1, -0.05) is 37.3 Å². The van der Waals surface area contributed by atoms with Crippen LogP contribution in [0.25, 0.3) is 21.9 Å². The number of imidazole rings is 1. The Kier molecular flexibility index (Phi) is 4.68. The predicted octanol–water partition coefficient (Wildman–Crippen LogP) is 4.48. The lowest BCUT2D eigenvalue weighted by atomic mass is 10.0. The van der Waals surface area contributed by atoms with Gasteiger partial charge >= 0.3 is 0 Å². The van der Waals surface area contributed by atoms with Crippen LogP contribution in [0.5, 0.6) is 0 Å². The van der Waals surface area contributed by atoms with Crippen molar-refractivity contribution >= 4 is 27.8 Å². The van der Waals surface area contributed by atoms with Crippen LogP contribution in [0, 0.1) is 0 Å². The summed E-state index contributed by atoms with van der Waals surface area (Å²) in [5.74, 6) is 2.10. The molecule has 0 unspecified atom stereocenters. The monoisotopic (exact) mass is 386 g/mol. The number of aromatic nitrogens is 3. The summed E-state index contributed by atoms with van der Waals surface area (Å²) in [5.41, 5.74) is 4.22. The highest BCUT2D eigenvalue weighted by Gasteiger charge is 2.26. The van der Waals surface area contributed by atoms with Gasteiger partial charge in [0, 0.05) is 36.5 Å². The summed E-state index contributed by atoms with van der Waals surface area (Å²) in [6.45, 7) is 4.05. The van der Waals surface area contributed by atoms with Crippen molar-refractivity contribution in [1.82, 2.24) is 14.5 Å². The fourth-order valence-corrected chi connectivity index (χ4v) is 4.63. The van der Waals surface area contributed by atoms with Crippen LogP contribution in [0.15, 0.2) is 54.6 Å². The maximum absolute atomic E-state index is 9.92. The third kappa shape index (κ3) is 3.15. The lowest BCUT2D eigenvalue weighted by molar-refractivity contribution is 0.281. The number of aliphatic hydroxyl groups is 1. The first-order valence-electron chi connectivity index (χ1n) is 10.5. The van der Waals surface area contributed by atoms with Gasteiger partial charge in [0.1, 0.15) is 11.6 Å². The minimum Gasteiger partial charge on any atom is -0.392 e. The molecule has 1 N–H and O–H groups in total. The van der Waals surface area contributed by atoms with Crippen molar-refractivity contribution in [1.29, 1.82) is 0 Å². The average Bonchev–Trinajstić information content (AvgIpc) is 3.17. The molecular weight excluding hydrogens is 360 g/mol. The van der Waals surface area contributed by atoms with Crippen molar-refractivity contribution in [2.75, 3.05) is 18.0 Å². The first-order chi connectivity index (χ1) is 14.3. The number of anilines is 1. The van der Waals surface area contributed by atoms with Gasteiger partial charge in [0.25, 0.3) is 0 Å². The molecule has 0 saturated carbocycles. The minimum atomic E-state index is 0.0131. The Morgan fingerprint density at radius 3 is 2.45 bits per heavy atom. The first-order valence-corrected chi connectivity index (χ1v) is 10.5. The van der Waals surface area contributed by atoms with Gasteiger partial charge in [0.2, 0.25) is 0 Å². The molecule has 4 aromatic rings. The normalized spacial score (nSPS) is 15.4. The van der Waals surface area contributed by atoms with E-state index in [0.717, 1.165) is 60.2 Å². The Morgan fingerprint density at radius 1 is 0.966 bits per heavy atom. The van der Waals surface area contributed by atoms with E-state index in [-0.39, 0.29) is 6.61 Å². The molecule has 0 atom stereocenters. The molecule has 5 nitrogen and oxygen atoms in total. The molecule has 5 rings (SSSR count). The largest absolute Gasteiger partial charge is 0.392 e. The average molecular weight is 386 g/mol. The van der Waals surface area contributed by atoms with Crippen LogP contribution in [0.3, 0.4) is 0 Å². The molecule has 2 aromatic heterocycles. The van der Waals surface area contributed by atoms with E-state index in [0.29, 0.717) is 6.04 Å². The maximum atomic E-state index is 9.92. The van der Waals surface area contributed by atoms with Gasteiger partial charge in [-0.3, -0.25) is 0 Å². The highest BCUT2D eigenvalue weighted by Crippen LogP contribution is 2.32. The second-order valence-corrected chi connectivity index (χ2v) is 7.78. The second kappa shape index (κ2) is 7.48. The molecule has 0 bridgehead atoms. The zero-order valence-corrected chi connectivity index (χ0v) is 16.8. The number of aliphatic hydroxyl groups excluding tert-OH is 1. The van der Waals surface area contributed by atoms with E-state index in [1.54, 1.807) is 0 Å². The molecule has 3 heterocycles. The number of aryl methyl sites for hydroxylation is 1. The van der Waals surface area contributed by atoms with E-state index in [1.807, 2.05) is 24.3 Å². The quantitative estimate of drug-likeness (QED) is 0.562. The van der Waals surface area contributed by atoms with Crippen LogP contribution < -0.4 is 4.90 Å². The number of rotatable bonds is 4. The Balaban J connectivity index is 1.43. The second-order valence-electron chi connectivity index (χ2n) is 7.78. The summed E-state index contributed by atoms with van der Waals surface area (Å²) < 4.78 is 2.45. The van der Waals surface area contributed by atoms with Gasteiger partial charge in [-0.15, -0.1) is 0 Å². The zero-order valence-electron chi connectivity index (χ0n) is 16.8. The Morgan fingerprint density at radius 2 is 1.69 bits per heavy atom. The van der Waals surface area contributed by atoms with Gasteiger partial charge < -0.3 is 14.6 Å². The van der Waals surface area contributed by atoms with Crippen LogP contribution in [0.4, 0.5) is 5.82 Å². The third-order valence-electron chi connectivity index (χ3n) is 6.06. The minimum absolute atomic E-state index is 0.0131. The third-order valence-corrected chi connectivity index (χ3v) is 6.06. The van der Waals surface area contributed by atoms with E-state index < -0.39 is 0 Å². The predicted molar refractivity (Wildman–Crippen MR) is 117 cm³/mol. The van der Waals surface area contributed by atoms with Crippen molar-refractivity contribution in [3.8, 4) is 0 Å². The fraction of sp³-hybridized carbons (Fsp3) is 0.333. The summed E-state index contributed by atoms with van der Waals surface area (Å²) in [4.78, 5) is 12.1. The van der Waals surface area contributed by atoms with Crippen molar-refractivity contribution in [2.45, 2.75) is 38.8 Å². The number of para-hydroxylation sites is 3. The van der Waals surface area contributed by atoms with Crippen LogP contribution in [-0.4, -0.2) is 32.7 Å².